The first kappa shape index (κ1) is 16.8. The average Bonchev–Trinajstić information content (AvgIpc) is 3.16. The highest BCUT2D eigenvalue weighted by Gasteiger charge is 2.17. The Morgan fingerprint density at radius 1 is 0.880 bits per heavy atom. The van der Waals surface area contributed by atoms with Gasteiger partial charge in [0.2, 0.25) is 0 Å². The van der Waals surface area contributed by atoms with Crippen LogP contribution in [0.1, 0.15) is 12.5 Å². The molecule has 0 saturated heterocycles. The molecule has 0 fully saturated rings. The predicted octanol–water partition coefficient (Wildman–Crippen LogP) is 3.52. The van der Waals surface area contributed by atoms with Gasteiger partial charge in [0.25, 0.3) is 0 Å². The fourth-order valence-electron chi connectivity index (χ4n) is 2.70. The normalized spacial score (nSPS) is 10.6. The van der Waals surface area contributed by atoms with Gasteiger partial charge in [0.15, 0.2) is 11.5 Å². The van der Waals surface area contributed by atoms with Crippen molar-refractivity contribution in [2.24, 2.45) is 0 Å². The maximum absolute atomic E-state index is 5.51. The lowest BCUT2D eigenvalue weighted by Gasteiger charge is -2.15. The lowest BCUT2D eigenvalue weighted by atomic mass is 10.1. The molecule has 2 aromatic carbocycles. The van der Waals surface area contributed by atoms with Crippen molar-refractivity contribution in [1.82, 2.24) is 15.0 Å². The van der Waals surface area contributed by atoms with Crippen molar-refractivity contribution in [2.45, 2.75) is 13.3 Å². The van der Waals surface area contributed by atoms with Crippen molar-refractivity contribution >= 4 is 0 Å². The van der Waals surface area contributed by atoms with Crippen LogP contribution in [-0.2, 0) is 6.42 Å². The average molecular weight is 339 g/mol. The molecule has 6 nitrogen and oxygen atoms in total. The zero-order valence-electron chi connectivity index (χ0n) is 14.8. The van der Waals surface area contributed by atoms with Crippen molar-refractivity contribution in [3.63, 3.8) is 0 Å². The standard InChI is InChI=1S/C19H21N3O3/c1-5-13-6-8-14(9-7-13)16-12-20-21-22(16)15-10-18(24-3)19(25-4)11-17(15)23-2/h6-12H,5H2,1-4H3. The van der Waals surface area contributed by atoms with E-state index in [2.05, 4.69) is 41.5 Å². The summed E-state index contributed by atoms with van der Waals surface area (Å²) in [6.45, 7) is 2.13. The zero-order chi connectivity index (χ0) is 17.8. The van der Waals surface area contributed by atoms with Gasteiger partial charge in [0, 0.05) is 17.7 Å². The molecule has 0 unspecified atom stereocenters. The van der Waals surface area contributed by atoms with Gasteiger partial charge in [0.1, 0.15) is 11.4 Å². The number of ether oxygens (including phenoxy) is 3. The fourth-order valence-corrected chi connectivity index (χ4v) is 2.70. The highest BCUT2D eigenvalue weighted by molar-refractivity contribution is 5.65. The Kier molecular flexibility index (Phi) is 4.88. The Balaban J connectivity index is 2.13. The summed E-state index contributed by atoms with van der Waals surface area (Å²) >= 11 is 0. The molecule has 1 aromatic heterocycles. The molecule has 0 aliphatic rings. The molecule has 0 aliphatic carbocycles. The summed E-state index contributed by atoms with van der Waals surface area (Å²) in [7, 11) is 4.80. The number of methoxy groups -OCH3 is 3. The smallest absolute Gasteiger partial charge is 0.164 e. The second kappa shape index (κ2) is 7.25. The number of nitrogens with zero attached hydrogens (tertiary/aromatic N) is 3. The molecular formula is C19H21N3O3. The van der Waals surface area contributed by atoms with Gasteiger partial charge in [0.05, 0.1) is 33.2 Å². The van der Waals surface area contributed by atoms with Gasteiger partial charge in [-0.1, -0.05) is 36.4 Å². The third-order valence-electron chi connectivity index (χ3n) is 4.12. The van der Waals surface area contributed by atoms with Crippen LogP contribution in [0.3, 0.4) is 0 Å². The summed E-state index contributed by atoms with van der Waals surface area (Å²) in [5, 5.41) is 8.31. The number of benzene rings is 2. The lowest BCUT2D eigenvalue weighted by molar-refractivity contribution is 0.348. The molecule has 6 heteroatoms. The highest BCUT2D eigenvalue weighted by Crippen LogP contribution is 2.37. The Morgan fingerprint density at radius 2 is 1.52 bits per heavy atom. The van der Waals surface area contributed by atoms with Gasteiger partial charge in [-0.05, 0) is 12.0 Å². The van der Waals surface area contributed by atoms with Crippen LogP contribution in [0, 0.1) is 0 Å². The van der Waals surface area contributed by atoms with E-state index in [1.54, 1.807) is 38.3 Å². The summed E-state index contributed by atoms with van der Waals surface area (Å²) in [5.41, 5.74) is 3.91. The molecule has 0 radical (unpaired) electrons. The van der Waals surface area contributed by atoms with E-state index in [0.717, 1.165) is 23.4 Å². The third kappa shape index (κ3) is 3.15. The molecule has 1 heterocycles. The molecule has 0 spiro atoms. The first-order valence-corrected chi connectivity index (χ1v) is 8.02. The van der Waals surface area contributed by atoms with Crippen molar-refractivity contribution in [3.8, 4) is 34.2 Å². The minimum Gasteiger partial charge on any atom is -0.494 e. The molecule has 0 atom stereocenters. The van der Waals surface area contributed by atoms with Crippen LogP contribution >= 0.6 is 0 Å². The number of aromatic nitrogens is 3. The summed E-state index contributed by atoms with van der Waals surface area (Å²) in [6, 6.07) is 12.0. The van der Waals surface area contributed by atoms with E-state index in [1.165, 1.54) is 5.56 Å². The van der Waals surface area contributed by atoms with Crippen LogP contribution < -0.4 is 14.2 Å². The van der Waals surface area contributed by atoms with Crippen LogP contribution in [0.25, 0.3) is 16.9 Å². The zero-order valence-corrected chi connectivity index (χ0v) is 14.8. The predicted molar refractivity (Wildman–Crippen MR) is 95.8 cm³/mol. The molecule has 0 N–H and O–H groups in total. The topological polar surface area (TPSA) is 58.4 Å². The van der Waals surface area contributed by atoms with Gasteiger partial charge >= 0.3 is 0 Å². The number of hydrogen-bond acceptors (Lipinski definition) is 5. The molecular weight excluding hydrogens is 318 g/mol. The lowest BCUT2D eigenvalue weighted by Crippen LogP contribution is -2.04. The maximum Gasteiger partial charge on any atom is 0.164 e. The molecule has 0 saturated carbocycles. The SMILES string of the molecule is CCc1ccc(-c2cnnn2-c2cc(OC)c(OC)cc2OC)cc1. The van der Waals surface area contributed by atoms with E-state index in [1.807, 2.05) is 6.07 Å². The van der Waals surface area contributed by atoms with E-state index in [4.69, 9.17) is 14.2 Å². The number of hydrogen-bond donors (Lipinski definition) is 0. The molecule has 0 bridgehead atoms. The minimum atomic E-state index is 0.595. The first-order chi connectivity index (χ1) is 12.2. The number of aryl methyl sites for hydroxylation is 1. The molecule has 25 heavy (non-hydrogen) atoms. The van der Waals surface area contributed by atoms with Crippen molar-refractivity contribution in [1.29, 1.82) is 0 Å². The van der Waals surface area contributed by atoms with E-state index in [0.29, 0.717) is 17.2 Å². The summed E-state index contributed by atoms with van der Waals surface area (Å²) in [5.74, 6) is 1.81. The molecule has 3 rings (SSSR count). The van der Waals surface area contributed by atoms with E-state index < -0.39 is 0 Å². The second-order valence-corrected chi connectivity index (χ2v) is 5.46. The van der Waals surface area contributed by atoms with Crippen molar-refractivity contribution < 1.29 is 14.2 Å². The fraction of sp³-hybridized carbons (Fsp3) is 0.263. The molecule has 0 aliphatic heterocycles. The Bertz CT molecular complexity index is 857. The molecule has 130 valence electrons. The van der Waals surface area contributed by atoms with Crippen LogP contribution in [0.2, 0.25) is 0 Å². The highest BCUT2D eigenvalue weighted by atomic mass is 16.5. The monoisotopic (exact) mass is 339 g/mol. The molecule has 0 amide bonds. The summed E-state index contributed by atoms with van der Waals surface area (Å²) in [4.78, 5) is 0. The minimum absolute atomic E-state index is 0.595. The Morgan fingerprint density at radius 3 is 2.12 bits per heavy atom. The summed E-state index contributed by atoms with van der Waals surface area (Å²) in [6.07, 6.45) is 2.73. The third-order valence-corrected chi connectivity index (χ3v) is 4.12. The van der Waals surface area contributed by atoms with Crippen LogP contribution in [0.4, 0.5) is 0 Å². The number of rotatable bonds is 6. The maximum atomic E-state index is 5.51. The Labute approximate surface area is 147 Å². The van der Waals surface area contributed by atoms with Gasteiger partial charge in [-0.2, -0.15) is 0 Å². The van der Waals surface area contributed by atoms with Gasteiger partial charge < -0.3 is 14.2 Å². The quantitative estimate of drug-likeness (QED) is 0.688. The summed E-state index contributed by atoms with van der Waals surface area (Å²) < 4.78 is 18.0. The largest absolute Gasteiger partial charge is 0.494 e. The van der Waals surface area contributed by atoms with E-state index in [9.17, 15) is 0 Å². The van der Waals surface area contributed by atoms with Gasteiger partial charge in [-0.3, -0.25) is 0 Å². The van der Waals surface area contributed by atoms with Gasteiger partial charge in [-0.15, -0.1) is 5.10 Å². The molecule has 3 aromatic rings. The second-order valence-electron chi connectivity index (χ2n) is 5.46. The van der Waals surface area contributed by atoms with Crippen molar-refractivity contribution in [3.05, 3.63) is 48.2 Å². The van der Waals surface area contributed by atoms with Crippen LogP contribution in [0.15, 0.2) is 42.6 Å². The van der Waals surface area contributed by atoms with Crippen LogP contribution in [-0.4, -0.2) is 36.3 Å². The van der Waals surface area contributed by atoms with Crippen LogP contribution in [0.5, 0.6) is 17.2 Å². The Hall–Kier alpha value is -3.02. The van der Waals surface area contributed by atoms with Crippen molar-refractivity contribution in [2.75, 3.05) is 21.3 Å². The van der Waals surface area contributed by atoms with E-state index >= 15 is 0 Å². The first-order valence-electron chi connectivity index (χ1n) is 8.02. The van der Waals surface area contributed by atoms with Gasteiger partial charge in [-0.25, -0.2) is 4.68 Å². The van der Waals surface area contributed by atoms with E-state index in [-0.39, 0.29) is 0 Å².